The summed E-state index contributed by atoms with van der Waals surface area (Å²) < 4.78 is 6.80. The number of furan rings is 1. The summed E-state index contributed by atoms with van der Waals surface area (Å²) in [5.74, 6) is 0. The van der Waals surface area contributed by atoms with Gasteiger partial charge >= 0.3 is 0 Å². The van der Waals surface area contributed by atoms with E-state index in [2.05, 4.69) is 33.6 Å². The maximum absolute atomic E-state index is 5.59. The van der Waals surface area contributed by atoms with Gasteiger partial charge < -0.3 is 4.42 Å². The number of nitrogens with zero attached hydrogens (tertiary/aromatic N) is 1. The molecule has 3 heteroatoms. The first-order valence-electron chi connectivity index (χ1n) is 4.27. The van der Waals surface area contributed by atoms with Crippen molar-refractivity contribution in [3.8, 4) is 0 Å². The lowest BCUT2D eigenvalue weighted by Gasteiger charge is -1.89. The molecule has 2 nitrogen and oxygen atoms in total. The van der Waals surface area contributed by atoms with E-state index in [1.54, 1.807) is 6.20 Å². The van der Waals surface area contributed by atoms with E-state index in [0.717, 1.165) is 16.4 Å². The maximum Gasteiger partial charge on any atom is 0.227 e. The van der Waals surface area contributed by atoms with Gasteiger partial charge in [-0.2, -0.15) is 0 Å². The highest BCUT2D eigenvalue weighted by Crippen LogP contribution is 2.27. The van der Waals surface area contributed by atoms with Crippen LogP contribution in [0.25, 0.3) is 22.1 Å². The number of hydrogen-bond acceptors (Lipinski definition) is 2. The number of pyridine rings is 1. The molecule has 2 heterocycles. The van der Waals surface area contributed by atoms with Crippen LogP contribution in [0.15, 0.2) is 40.9 Å². The molecule has 68 valence electrons. The van der Waals surface area contributed by atoms with Crippen molar-refractivity contribution in [2.45, 2.75) is 0 Å². The Labute approximate surface area is 94.1 Å². The average Bonchev–Trinajstić information content (AvgIpc) is 2.56. The van der Waals surface area contributed by atoms with Gasteiger partial charge in [-0.15, -0.1) is 0 Å². The SMILES string of the molecule is Ic1ccc2oc3ncccc3c2c1. The Morgan fingerprint density at radius 2 is 2.07 bits per heavy atom. The zero-order chi connectivity index (χ0) is 9.54. The first kappa shape index (κ1) is 8.23. The molecule has 0 amide bonds. The molecule has 0 aliphatic carbocycles. The van der Waals surface area contributed by atoms with Crippen LogP contribution in [0.4, 0.5) is 0 Å². The number of halogens is 1. The van der Waals surface area contributed by atoms with Gasteiger partial charge in [0.15, 0.2) is 0 Å². The zero-order valence-electron chi connectivity index (χ0n) is 7.20. The molecule has 0 spiro atoms. The van der Waals surface area contributed by atoms with Crippen molar-refractivity contribution in [1.82, 2.24) is 4.98 Å². The number of hydrogen-bond donors (Lipinski definition) is 0. The number of benzene rings is 1. The molecule has 3 aromatic rings. The summed E-state index contributed by atoms with van der Waals surface area (Å²) in [6.45, 7) is 0. The van der Waals surface area contributed by atoms with E-state index in [0.29, 0.717) is 5.71 Å². The van der Waals surface area contributed by atoms with E-state index in [4.69, 9.17) is 4.42 Å². The smallest absolute Gasteiger partial charge is 0.227 e. The largest absolute Gasteiger partial charge is 0.438 e. The fourth-order valence-electron chi connectivity index (χ4n) is 1.58. The quantitative estimate of drug-likeness (QED) is 0.592. The lowest BCUT2D eigenvalue weighted by Crippen LogP contribution is -1.70. The van der Waals surface area contributed by atoms with Crippen LogP contribution in [0.2, 0.25) is 0 Å². The van der Waals surface area contributed by atoms with Crippen molar-refractivity contribution in [3.63, 3.8) is 0 Å². The molecule has 0 N–H and O–H groups in total. The Morgan fingerprint density at radius 3 is 3.00 bits per heavy atom. The summed E-state index contributed by atoms with van der Waals surface area (Å²) >= 11 is 2.30. The Balaban J connectivity index is 2.58. The molecule has 0 fully saturated rings. The monoisotopic (exact) mass is 295 g/mol. The molecule has 1 aromatic carbocycles. The number of rotatable bonds is 0. The Bertz CT molecular complexity index is 615. The van der Waals surface area contributed by atoms with Gasteiger partial charge in [0.25, 0.3) is 0 Å². The number of aromatic nitrogens is 1. The van der Waals surface area contributed by atoms with E-state index in [-0.39, 0.29) is 0 Å². The minimum absolute atomic E-state index is 0.713. The van der Waals surface area contributed by atoms with Crippen LogP contribution in [0.1, 0.15) is 0 Å². The second-order valence-corrected chi connectivity index (χ2v) is 4.34. The standard InChI is InChI=1S/C11H6INO/c12-7-3-4-10-9(6-7)8-2-1-5-13-11(8)14-10/h1-6H. The summed E-state index contributed by atoms with van der Waals surface area (Å²) in [6.07, 6.45) is 1.75. The van der Waals surface area contributed by atoms with Crippen LogP contribution in [0, 0.1) is 3.57 Å². The third kappa shape index (κ3) is 1.12. The fraction of sp³-hybridized carbons (Fsp3) is 0. The predicted octanol–water partition coefficient (Wildman–Crippen LogP) is 3.59. The molecule has 0 radical (unpaired) electrons. The van der Waals surface area contributed by atoms with E-state index < -0.39 is 0 Å². The fourth-order valence-corrected chi connectivity index (χ4v) is 2.07. The highest BCUT2D eigenvalue weighted by molar-refractivity contribution is 14.1. The van der Waals surface area contributed by atoms with Crippen molar-refractivity contribution < 1.29 is 4.42 Å². The summed E-state index contributed by atoms with van der Waals surface area (Å²) in [7, 11) is 0. The van der Waals surface area contributed by atoms with Gasteiger partial charge in [0.05, 0.1) is 0 Å². The van der Waals surface area contributed by atoms with E-state index >= 15 is 0 Å². The highest BCUT2D eigenvalue weighted by atomic mass is 127. The minimum Gasteiger partial charge on any atom is -0.438 e. The van der Waals surface area contributed by atoms with Crippen LogP contribution >= 0.6 is 22.6 Å². The van der Waals surface area contributed by atoms with Gasteiger partial charge in [0.2, 0.25) is 5.71 Å². The number of fused-ring (bicyclic) bond motifs is 3. The predicted molar refractivity (Wildman–Crippen MR) is 64.2 cm³/mol. The third-order valence-corrected chi connectivity index (χ3v) is 2.88. The Kier molecular flexibility index (Phi) is 1.73. The van der Waals surface area contributed by atoms with Gasteiger partial charge in [0.1, 0.15) is 5.58 Å². The van der Waals surface area contributed by atoms with Crippen LogP contribution < -0.4 is 0 Å². The molecule has 0 atom stereocenters. The van der Waals surface area contributed by atoms with Crippen molar-refractivity contribution in [3.05, 3.63) is 40.1 Å². The first-order chi connectivity index (χ1) is 6.84. The van der Waals surface area contributed by atoms with Crippen LogP contribution in [0.3, 0.4) is 0 Å². The molecule has 0 saturated carbocycles. The molecule has 14 heavy (non-hydrogen) atoms. The second kappa shape index (κ2) is 2.95. The lowest BCUT2D eigenvalue weighted by atomic mass is 10.2. The van der Waals surface area contributed by atoms with E-state index in [1.807, 2.05) is 24.3 Å². The van der Waals surface area contributed by atoms with Crippen molar-refractivity contribution in [1.29, 1.82) is 0 Å². The Morgan fingerprint density at radius 1 is 1.14 bits per heavy atom. The average molecular weight is 295 g/mol. The molecule has 3 rings (SSSR count). The molecule has 0 aliphatic heterocycles. The summed E-state index contributed by atoms with van der Waals surface area (Å²) in [6, 6.07) is 10.1. The molecule has 0 unspecified atom stereocenters. The van der Waals surface area contributed by atoms with Crippen molar-refractivity contribution >= 4 is 44.7 Å². The summed E-state index contributed by atoms with van der Waals surface area (Å²) in [5, 5.41) is 2.22. The van der Waals surface area contributed by atoms with Gasteiger partial charge in [-0.1, -0.05) is 0 Å². The lowest BCUT2D eigenvalue weighted by molar-refractivity contribution is 0.654. The molecular formula is C11H6INO. The summed E-state index contributed by atoms with van der Waals surface area (Å²) in [5.41, 5.74) is 1.61. The molecular weight excluding hydrogens is 289 g/mol. The zero-order valence-corrected chi connectivity index (χ0v) is 9.36. The van der Waals surface area contributed by atoms with E-state index in [1.165, 1.54) is 3.57 Å². The van der Waals surface area contributed by atoms with Crippen molar-refractivity contribution in [2.75, 3.05) is 0 Å². The minimum atomic E-state index is 0.713. The van der Waals surface area contributed by atoms with Gasteiger partial charge in [0, 0.05) is 20.5 Å². The normalized spacial score (nSPS) is 11.2. The van der Waals surface area contributed by atoms with Crippen LogP contribution in [0.5, 0.6) is 0 Å². The third-order valence-electron chi connectivity index (χ3n) is 2.21. The second-order valence-electron chi connectivity index (χ2n) is 3.10. The van der Waals surface area contributed by atoms with Crippen molar-refractivity contribution in [2.24, 2.45) is 0 Å². The highest BCUT2D eigenvalue weighted by Gasteiger charge is 2.06. The van der Waals surface area contributed by atoms with E-state index in [9.17, 15) is 0 Å². The summed E-state index contributed by atoms with van der Waals surface area (Å²) in [4.78, 5) is 4.18. The first-order valence-corrected chi connectivity index (χ1v) is 5.35. The Hall–Kier alpha value is -1.10. The molecule has 0 aliphatic rings. The molecule has 0 bridgehead atoms. The van der Waals surface area contributed by atoms with Crippen LogP contribution in [-0.2, 0) is 0 Å². The van der Waals surface area contributed by atoms with Gasteiger partial charge in [-0.05, 0) is 52.9 Å². The molecule has 0 saturated heterocycles. The van der Waals surface area contributed by atoms with Gasteiger partial charge in [-0.25, -0.2) is 4.98 Å². The topological polar surface area (TPSA) is 26.0 Å². The van der Waals surface area contributed by atoms with Crippen LogP contribution in [-0.4, -0.2) is 4.98 Å². The maximum atomic E-state index is 5.59. The van der Waals surface area contributed by atoms with Gasteiger partial charge in [-0.3, -0.25) is 0 Å². The molecule has 2 aromatic heterocycles.